The van der Waals surface area contributed by atoms with Crippen molar-refractivity contribution in [2.75, 3.05) is 18.4 Å². The highest BCUT2D eigenvalue weighted by Crippen LogP contribution is 2.40. The lowest BCUT2D eigenvalue weighted by Crippen LogP contribution is -2.32. The van der Waals surface area contributed by atoms with Gasteiger partial charge in [-0.15, -0.1) is 0 Å². The molecule has 0 spiro atoms. The molecule has 0 radical (unpaired) electrons. The number of ether oxygens (including phenoxy) is 1. The van der Waals surface area contributed by atoms with E-state index in [1.165, 1.54) is 16.4 Å². The van der Waals surface area contributed by atoms with Crippen LogP contribution in [0.2, 0.25) is 5.02 Å². The number of rotatable bonds is 2. The summed E-state index contributed by atoms with van der Waals surface area (Å²) in [5.41, 5.74) is 1.65. The number of anilines is 1. The first-order chi connectivity index (χ1) is 13.4. The molecule has 0 aliphatic carbocycles. The van der Waals surface area contributed by atoms with Crippen LogP contribution in [-0.2, 0) is 10.0 Å². The van der Waals surface area contributed by atoms with Gasteiger partial charge in [0, 0.05) is 19.2 Å². The third kappa shape index (κ3) is 3.50. The molecule has 4 rings (SSSR count). The summed E-state index contributed by atoms with van der Waals surface area (Å²) in [6.45, 7) is 2.83. The molecule has 2 aliphatic heterocycles. The maximum Gasteiger partial charge on any atom is 0.259 e. The van der Waals surface area contributed by atoms with E-state index in [-0.39, 0.29) is 21.2 Å². The van der Waals surface area contributed by atoms with E-state index in [1.54, 1.807) is 12.1 Å². The number of hydrogen-bond donors (Lipinski definition) is 1. The zero-order valence-electron chi connectivity index (χ0n) is 15.5. The zero-order valence-corrected chi connectivity index (χ0v) is 17.1. The average molecular weight is 421 g/mol. The van der Waals surface area contributed by atoms with Crippen LogP contribution in [0.4, 0.5) is 5.69 Å². The first-order valence-electron chi connectivity index (χ1n) is 9.30. The van der Waals surface area contributed by atoms with Crippen molar-refractivity contribution in [1.29, 1.82) is 0 Å². The van der Waals surface area contributed by atoms with E-state index in [4.69, 9.17) is 16.3 Å². The first-order valence-corrected chi connectivity index (χ1v) is 11.1. The number of amides is 1. The van der Waals surface area contributed by atoms with E-state index in [1.807, 2.05) is 13.0 Å². The van der Waals surface area contributed by atoms with E-state index >= 15 is 0 Å². The fraction of sp³-hybridized carbons (Fsp3) is 0.350. The second-order valence-electron chi connectivity index (χ2n) is 7.15. The number of nitrogens with one attached hydrogen (secondary N) is 1. The molecule has 0 unspecified atom stereocenters. The largest absolute Gasteiger partial charge is 0.454 e. The smallest absolute Gasteiger partial charge is 0.259 e. The SMILES string of the molecule is Cc1ccc2c(c1)NC(=O)c1cc(S(=O)(=O)N3CCCCCC3)c(Cl)cc1O2. The minimum Gasteiger partial charge on any atom is -0.454 e. The summed E-state index contributed by atoms with van der Waals surface area (Å²) in [6, 6.07) is 8.17. The van der Waals surface area contributed by atoms with Gasteiger partial charge in [-0.25, -0.2) is 8.42 Å². The molecule has 2 aromatic rings. The molecule has 8 heteroatoms. The van der Waals surface area contributed by atoms with Crippen molar-refractivity contribution in [3.63, 3.8) is 0 Å². The molecule has 6 nitrogen and oxygen atoms in total. The lowest BCUT2D eigenvalue weighted by molar-refractivity contribution is 0.102. The molecule has 0 atom stereocenters. The number of aryl methyl sites for hydroxylation is 1. The molecule has 28 heavy (non-hydrogen) atoms. The van der Waals surface area contributed by atoms with E-state index in [9.17, 15) is 13.2 Å². The monoisotopic (exact) mass is 420 g/mol. The highest BCUT2D eigenvalue weighted by Gasteiger charge is 2.31. The van der Waals surface area contributed by atoms with Crippen LogP contribution < -0.4 is 10.1 Å². The van der Waals surface area contributed by atoms with Gasteiger partial charge in [-0.3, -0.25) is 4.79 Å². The molecule has 2 heterocycles. The minimum atomic E-state index is -3.79. The molecule has 148 valence electrons. The number of benzene rings is 2. The van der Waals surface area contributed by atoms with Crippen LogP contribution in [0.3, 0.4) is 0 Å². The molecular formula is C20H21ClN2O4S. The zero-order chi connectivity index (χ0) is 19.9. The number of hydrogen-bond acceptors (Lipinski definition) is 4. The van der Waals surface area contributed by atoms with Gasteiger partial charge in [0.2, 0.25) is 10.0 Å². The predicted octanol–water partition coefficient (Wildman–Crippen LogP) is 4.57. The summed E-state index contributed by atoms with van der Waals surface area (Å²) in [7, 11) is -3.79. The Morgan fingerprint density at radius 3 is 2.46 bits per heavy atom. The number of sulfonamides is 1. The topological polar surface area (TPSA) is 75.7 Å². The van der Waals surface area contributed by atoms with Crippen molar-refractivity contribution >= 4 is 33.2 Å². The normalized spacial score (nSPS) is 17.6. The van der Waals surface area contributed by atoms with E-state index in [2.05, 4.69) is 5.32 Å². The number of carbonyl (C=O) groups excluding carboxylic acids is 1. The highest BCUT2D eigenvalue weighted by molar-refractivity contribution is 7.89. The van der Waals surface area contributed by atoms with Gasteiger partial charge in [-0.2, -0.15) is 4.31 Å². The average Bonchev–Trinajstić information content (AvgIpc) is 2.99. The van der Waals surface area contributed by atoms with Crippen LogP contribution in [0.25, 0.3) is 0 Å². The van der Waals surface area contributed by atoms with Gasteiger partial charge >= 0.3 is 0 Å². The summed E-state index contributed by atoms with van der Waals surface area (Å²) >= 11 is 6.34. The predicted molar refractivity (Wildman–Crippen MR) is 108 cm³/mol. The maximum atomic E-state index is 13.2. The summed E-state index contributed by atoms with van der Waals surface area (Å²) in [5, 5.41) is 2.84. The van der Waals surface area contributed by atoms with Gasteiger partial charge < -0.3 is 10.1 Å². The molecule has 0 bridgehead atoms. The van der Waals surface area contributed by atoms with Crippen molar-refractivity contribution in [2.45, 2.75) is 37.5 Å². The number of nitrogens with zero attached hydrogens (tertiary/aromatic N) is 1. The van der Waals surface area contributed by atoms with Crippen molar-refractivity contribution in [3.8, 4) is 11.5 Å². The Morgan fingerprint density at radius 2 is 1.75 bits per heavy atom. The molecular weight excluding hydrogens is 400 g/mol. The maximum absolute atomic E-state index is 13.2. The Bertz CT molecular complexity index is 1040. The van der Waals surface area contributed by atoms with Crippen LogP contribution in [0.1, 0.15) is 41.6 Å². The summed E-state index contributed by atoms with van der Waals surface area (Å²) in [4.78, 5) is 12.7. The fourth-order valence-corrected chi connectivity index (χ4v) is 5.59. The summed E-state index contributed by atoms with van der Waals surface area (Å²) in [5.74, 6) is 0.292. The minimum absolute atomic E-state index is 0.0476. The van der Waals surface area contributed by atoms with E-state index in [0.717, 1.165) is 31.2 Å². The van der Waals surface area contributed by atoms with Gasteiger partial charge in [0.15, 0.2) is 5.75 Å². The molecule has 2 aliphatic rings. The Kier molecular flexibility index (Phi) is 5.07. The molecule has 1 fully saturated rings. The third-order valence-corrected chi connectivity index (χ3v) is 7.43. The van der Waals surface area contributed by atoms with Gasteiger partial charge in [-0.05, 0) is 43.5 Å². The quantitative estimate of drug-likeness (QED) is 0.772. The van der Waals surface area contributed by atoms with Crippen LogP contribution >= 0.6 is 11.6 Å². The first kappa shape index (κ1) is 19.2. The van der Waals surface area contributed by atoms with Crippen LogP contribution in [0.15, 0.2) is 35.2 Å². The Labute approximate surface area is 169 Å². The Balaban J connectivity index is 1.77. The van der Waals surface area contributed by atoms with Crippen molar-refractivity contribution in [2.24, 2.45) is 0 Å². The lowest BCUT2D eigenvalue weighted by atomic mass is 10.2. The van der Waals surface area contributed by atoms with Gasteiger partial charge in [-0.1, -0.05) is 30.5 Å². The molecule has 1 saturated heterocycles. The highest BCUT2D eigenvalue weighted by atomic mass is 35.5. The molecule has 1 N–H and O–H groups in total. The van der Waals surface area contributed by atoms with Gasteiger partial charge in [0.25, 0.3) is 5.91 Å². The molecule has 0 aromatic heterocycles. The number of halogens is 1. The molecule has 1 amide bonds. The van der Waals surface area contributed by atoms with Crippen molar-refractivity contribution < 1.29 is 17.9 Å². The van der Waals surface area contributed by atoms with Crippen LogP contribution in [0.5, 0.6) is 11.5 Å². The van der Waals surface area contributed by atoms with E-state index in [0.29, 0.717) is 24.5 Å². The number of fused-ring (bicyclic) bond motifs is 2. The van der Waals surface area contributed by atoms with Crippen molar-refractivity contribution in [3.05, 3.63) is 46.5 Å². The Hall–Kier alpha value is -2.09. The number of carbonyl (C=O) groups is 1. The van der Waals surface area contributed by atoms with Crippen LogP contribution in [-0.4, -0.2) is 31.7 Å². The summed E-state index contributed by atoms with van der Waals surface area (Å²) < 4.78 is 33.7. The lowest BCUT2D eigenvalue weighted by Gasteiger charge is -2.21. The second kappa shape index (κ2) is 7.39. The standard InChI is InChI=1S/C20H21ClN2O4S/c1-13-6-7-17-16(10-13)22-20(24)14-11-19(15(21)12-18(14)27-17)28(25,26)23-8-4-2-3-5-9-23/h6-7,10-12H,2-5,8-9H2,1H3,(H,22,24). The van der Waals surface area contributed by atoms with Crippen molar-refractivity contribution in [1.82, 2.24) is 4.31 Å². The van der Waals surface area contributed by atoms with Crippen LogP contribution in [0, 0.1) is 6.92 Å². The Morgan fingerprint density at radius 1 is 1.04 bits per heavy atom. The van der Waals surface area contributed by atoms with Gasteiger partial charge in [0.1, 0.15) is 10.6 Å². The molecule has 2 aromatic carbocycles. The second-order valence-corrected chi connectivity index (χ2v) is 9.47. The van der Waals surface area contributed by atoms with E-state index < -0.39 is 15.9 Å². The molecule has 0 saturated carbocycles. The van der Waals surface area contributed by atoms with Gasteiger partial charge in [0.05, 0.1) is 16.3 Å². The summed E-state index contributed by atoms with van der Waals surface area (Å²) in [6.07, 6.45) is 3.66. The fourth-order valence-electron chi connectivity index (χ4n) is 3.55. The third-order valence-electron chi connectivity index (χ3n) is 5.06.